The molecule has 0 saturated heterocycles. The lowest BCUT2D eigenvalue weighted by atomic mass is 10.1. The van der Waals surface area contributed by atoms with Crippen LogP contribution in [0.4, 0.5) is 0 Å². The Labute approximate surface area is 151 Å². The van der Waals surface area contributed by atoms with E-state index in [1.807, 2.05) is 36.4 Å². The molecule has 0 atom stereocenters. The molecule has 0 aliphatic carbocycles. The Morgan fingerprint density at radius 1 is 1.12 bits per heavy atom. The molecule has 1 aliphatic rings. The maximum atomic E-state index is 12.5. The minimum atomic E-state index is -0.592. The van der Waals surface area contributed by atoms with E-state index in [0.29, 0.717) is 11.3 Å². The Morgan fingerprint density at radius 3 is 2.42 bits per heavy atom. The molecule has 2 heterocycles. The maximum absolute atomic E-state index is 12.5. The quantitative estimate of drug-likeness (QED) is 0.521. The molecule has 132 valence electrons. The summed E-state index contributed by atoms with van der Waals surface area (Å²) < 4.78 is 12.6. The smallest absolute Gasteiger partial charge is 0.410 e. The maximum Gasteiger partial charge on any atom is 0.410 e. The molecule has 1 aliphatic heterocycles. The Balaban J connectivity index is 2.12. The molecule has 0 bridgehead atoms. The summed E-state index contributed by atoms with van der Waals surface area (Å²) >= 11 is 0. The highest BCUT2D eigenvalue weighted by Crippen LogP contribution is 2.27. The van der Waals surface area contributed by atoms with Gasteiger partial charge in [0.05, 0.1) is 12.2 Å². The van der Waals surface area contributed by atoms with Crippen molar-refractivity contribution >= 4 is 23.3 Å². The number of carbonyl (C=O) groups excluding carboxylic acids is 2. The number of carbonyl (C=O) groups is 2. The van der Waals surface area contributed by atoms with Crippen LogP contribution in [-0.4, -0.2) is 18.5 Å². The summed E-state index contributed by atoms with van der Waals surface area (Å²) in [6.45, 7) is 3.60. The summed E-state index contributed by atoms with van der Waals surface area (Å²) in [7, 11) is 0. The van der Waals surface area contributed by atoms with Gasteiger partial charge in [-0.25, -0.2) is 4.79 Å². The van der Waals surface area contributed by atoms with Crippen LogP contribution < -0.4 is 9.88 Å². The zero-order valence-electron chi connectivity index (χ0n) is 14.6. The first-order chi connectivity index (χ1) is 12.6. The normalized spacial score (nSPS) is 15.8. The molecule has 0 unspecified atom stereocenters. The highest BCUT2D eigenvalue weighted by atomic mass is 16.5. The first-order valence-electron chi connectivity index (χ1n) is 8.25. The number of hydrogen-bond donors (Lipinski definition) is 1. The molecule has 0 fully saturated rings. The van der Waals surface area contributed by atoms with Gasteiger partial charge in [0.25, 0.3) is 11.8 Å². The first-order valence-corrected chi connectivity index (χ1v) is 8.25. The topological polar surface area (TPSA) is 68.5 Å². The van der Waals surface area contributed by atoms with Crippen LogP contribution >= 0.6 is 0 Å². The number of amides is 1. The molecule has 6 nitrogen and oxygen atoms in total. The van der Waals surface area contributed by atoms with Gasteiger partial charge in [-0.3, -0.25) is 10.1 Å². The molecule has 0 spiro atoms. The van der Waals surface area contributed by atoms with E-state index in [4.69, 9.17) is 9.47 Å². The predicted octanol–water partition coefficient (Wildman–Crippen LogP) is 2.24. The van der Waals surface area contributed by atoms with Crippen LogP contribution in [0.25, 0.3) is 11.5 Å². The van der Waals surface area contributed by atoms with Gasteiger partial charge in [0.1, 0.15) is 5.76 Å². The van der Waals surface area contributed by atoms with Crippen molar-refractivity contribution < 1.29 is 23.6 Å². The number of esters is 1. The number of benzene rings is 1. The third kappa shape index (κ3) is 3.49. The standard InChI is InChI=1S/C20H18N2O4/c1-3-25-20(24)16(22-12-8-5-9-13-22)19-21-18(23)14(2)17(26-19)15-10-6-4-7-11-15/h4-13H,3H2,1-2H3/p+1. The fourth-order valence-electron chi connectivity index (χ4n) is 2.54. The molecule has 2 aromatic rings. The van der Waals surface area contributed by atoms with Gasteiger partial charge in [0, 0.05) is 17.7 Å². The summed E-state index contributed by atoms with van der Waals surface area (Å²) in [6, 6.07) is 14.6. The van der Waals surface area contributed by atoms with Gasteiger partial charge in [-0.05, 0) is 13.8 Å². The van der Waals surface area contributed by atoms with E-state index in [1.54, 1.807) is 42.9 Å². The highest BCUT2D eigenvalue weighted by molar-refractivity contribution is 6.09. The monoisotopic (exact) mass is 351 g/mol. The number of nitrogens with zero attached hydrogens (tertiary/aromatic N) is 1. The van der Waals surface area contributed by atoms with Crippen molar-refractivity contribution in [3.63, 3.8) is 0 Å². The predicted molar refractivity (Wildman–Crippen MR) is 94.7 cm³/mol. The van der Waals surface area contributed by atoms with Crippen LogP contribution in [0.3, 0.4) is 0 Å². The van der Waals surface area contributed by atoms with Crippen molar-refractivity contribution in [2.75, 3.05) is 6.61 Å². The van der Waals surface area contributed by atoms with E-state index in [1.165, 1.54) is 0 Å². The van der Waals surface area contributed by atoms with Gasteiger partial charge in [0.15, 0.2) is 12.4 Å². The third-order valence-electron chi connectivity index (χ3n) is 3.81. The summed E-state index contributed by atoms with van der Waals surface area (Å²) in [4.78, 5) is 25.0. The SMILES string of the molecule is CCOC(=O)/C(=C1/NC(=O)C(C)=C(c2ccccc2)O1)[n+]1ccccc1. The van der Waals surface area contributed by atoms with E-state index in [9.17, 15) is 9.59 Å². The van der Waals surface area contributed by atoms with Gasteiger partial charge in [-0.15, -0.1) is 0 Å². The number of aromatic nitrogens is 1. The Hall–Kier alpha value is -3.41. The second kappa shape index (κ2) is 7.65. The number of pyridine rings is 1. The van der Waals surface area contributed by atoms with Crippen molar-refractivity contribution in [3.8, 4) is 0 Å². The molecular formula is C20H19N2O4+. The largest absolute Gasteiger partial charge is 0.458 e. The number of rotatable bonds is 4. The van der Waals surface area contributed by atoms with Crippen molar-refractivity contribution in [3.05, 3.63) is 77.9 Å². The van der Waals surface area contributed by atoms with Crippen molar-refractivity contribution in [2.24, 2.45) is 0 Å². The van der Waals surface area contributed by atoms with Crippen LogP contribution in [0.1, 0.15) is 19.4 Å². The van der Waals surface area contributed by atoms with Crippen molar-refractivity contribution in [1.82, 2.24) is 5.32 Å². The lowest BCUT2D eigenvalue weighted by molar-refractivity contribution is -0.580. The zero-order chi connectivity index (χ0) is 18.5. The fraction of sp³-hybridized carbons (Fsp3) is 0.150. The molecule has 1 N–H and O–H groups in total. The summed E-state index contributed by atoms with van der Waals surface area (Å²) in [5.74, 6) is -0.480. The van der Waals surface area contributed by atoms with Crippen LogP contribution in [0.2, 0.25) is 0 Å². The van der Waals surface area contributed by atoms with Gasteiger partial charge in [-0.2, -0.15) is 4.57 Å². The molecule has 1 aromatic carbocycles. The van der Waals surface area contributed by atoms with Gasteiger partial charge in [0.2, 0.25) is 0 Å². The lowest BCUT2D eigenvalue weighted by Crippen LogP contribution is -2.42. The van der Waals surface area contributed by atoms with Crippen LogP contribution in [0.5, 0.6) is 0 Å². The molecule has 1 amide bonds. The van der Waals surface area contributed by atoms with Crippen LogP contribution in [0.15, 0.2) is 72.4 Å². The molecule has 0 radical (unpaired) electrons. The number of hydrogen-bond acceptors (Lipinski definition) is 4. The van der Waals surface area contributed by atoms with E-state index in [0.717, 1.165) is 5.56 Å². The molecule has 26 heavy (non-hydrogen) atoms. The second-order valence-corrected chi connectivity index (χ2v) is 5.56. The van der Waals surface area contributed by atoms with Crippen molar-refractivity contribution in [2.45, 2.75) is 13.8 Å². The summed E-state index contributed by atoms with van der Waals surface area (Å²) in [6.07, 6.45) is 3.37. The van der Waals surface area contributed by atoms with Gasteiger partial charge < -0.3 is 9.47 Å². The van der Waals surface area contributed by atoms with Gasteiger partial charge in [-0.1, -0.05) is 36.4 Å². The molecule has 6 heteroatoms. The molecule has 0 saturated carbocycles. The van der Waals surface area contributed by atoms with Crippen LogP contribution in [0, 0.1) is 0 Å². The first kappa shape index (κ1) is 17.4. The minimum absolute atomic E-state index is 0.0362. The second-order valence-electron chi connectivity index (χ2n) is 5.56. The Bertz CT molecular complexity index is 887. The highest BCUT2D eigenvalue weighted by Gasteiger charge is 2.34. The van der Waals surface area contributed by atoms with Gasteiger partial charge >= 0.3 is 11.7 Å². The van der Waals surface area contributed by atoms with Crippen molar-refractivity contribution in [1.29, 1.82) is 0 Å². The minimum Gasteiger partial charge on any atom is -0.458 e. The molecule has 3 rings (SSSR count). The zero-order valence-corrected chi connectivity index (χ0v) is 14.6. The molecular weight excluding hydrogens is 332 g/mol. The Morgan fingerprint density at radius 2 is 1.77 bits per heavy atom. The van der Waals surface area contributed by atoms with E-state index >= 15 is 0 Å². The third-order valence-corrected chi connectivity index (χ3v) is 3.81. The average molecular weight is 351 g/mol. The van der Waals surface area contributed by atoms with E-state index in [-0.39, 0.29) is 24.1 Å². The fourth-order valence-corrected chi connectivity index (χ4v) is 2.54. The average Bonchev–Trinajstić information content (AvgIpc) is 2.66. The lowest BCUT2D eigenvalue weighted by Gasteiger charge is -2.21. The summed E-state index contributed by atoms with van der Waals surface area (Å²) in [5, 5.41) is 2.64. The number of ether oxygens (including phenoxy) is 2. The summed E-state index contributed by atoms with van der Waals surface area (Å²) in [5.41, 5.74) is 1.28. The number of nitrogens with one attached hydrogen (secondary N) is 1. The Kier molecular flexibility index (Phi) is 5.12. The van der Waals surface area contributed by atoms with E-state index < -0.39 is 5.97 Å². The van der Waals surface area contributed by atoms with E-state index in [2.05, 4.69) is 5.32 Å². The van der Waals surface area contributed by atoms with Crippen LogP contribution in [-0.2, 0) is 19.1 Å². The molecule has 1 aromatic heterocycles.